The van der Waals surface area contributed by atoms with Crippen LogP contribution in [-0.4, -0.2) is 73.2 Å². The maximum Gasteiger partial charge on any atom is 0.337 e. The molecule has 2 aromatic carbocycles. The lowest BCUT2D eigenvalue weighted by Gasteiger charge is -2.34. The average Bonchev–Trinajstić information content (AvgIpc) is 2.84. The highest BCUT2D eigenvalue weighted by Gasteiger charge is 2.20. The number of nitrogens with zero attached hydrogens (tertiary/aromatic N) is 3. The van der Waals surface area contributed by atoms with E-state index in [0.29, 0.717) is 28.8 Å². The number of aromatic nitrogens is 2. The first-order valence-corrected chi connectivity index (χ1v) is 10.8. The number of piperazine rings is 1. The maximum absolute atomic E-state index is 12.5. The molecule has 4 rings (SSSR count). The molecule has 1 N–H and O–H groups in total. The van der Waals surface area contributed by atoms with Crippen molar-refractivity contribution in [1.29, 1.82) is 0 Å². The normalized spacial score (nSPS) is 14.9. The van der Waals surface area contributed by atoms with E-state index in [9.17, 15) is 9.59 Å². The second-order valence-electron chi connectivity index (χ2n) is 7.97. The summed E-state index contributed by atoms with van der Waals surface area (Å²) in [6.07, 6.45) is 0. The van der Waals surface area contributed by atoms with E-state index in [1.54, 1.807) is 32.4 Å². The average molecular weight is 453 g/mol. The fourth-order valence-corrected chi connectivity index (χ4v) is 4.07. The number of methoxy groups -OCH3 is 3. The van der Waals surface area contributed by atoms with Gasteiger partial charge < -0.3 is 19.2 Å². The largest absolute Gasteiger partial charge is 0.497 e. The van der Waals surface area contributed by atoms with Gasteiger partial charge >= 0.3 is 5.97 Å². The zero-order valence-corrected chi connectivity index (χ0v) is 19.1. The van der Waals surface area contributed by atoms with Crippen LogP contribution in [0, 0.1) is 0 Å². The Morgan fingerprint density at radius 2 is 1.70 bits per heavy atom. The van der Waals surface area contributed by atoms with Gasteiger partial charge in [0.25, 0.3) is 5.56 Å². The van der Waals surface area contributed by atoms with Crippen LogP contribution in [0.4, 0.5) is 0 Å². The number of nitrogens with one attached hydrogen (secondary N) is 1. The highest BCUT2D eigenvalue weighted by atomic mass is 16.5. The number of carbonyl (C=O) groups excluding carboxylic acids is 1. The van der Waals surface area contributed by atoms with E-state index >= 15 is 0 Å². The number of aromatic amines is 1. The van der Waals surface area contributed by atoms with Crippen molar-refractivity contribution in [3.63, 3.8) is 0 Å². The lowest BCUT2D eigenvalue weighted by Crippen LogP contribution is -2.45. The maximum atomic E-state index is 12.5. The third-order valence-corrected chi connectivity index (χ3v) is 5.90. The standard InChI is InChI=1S/C24H28N4O5/c1-31-18-5-7-21(32-2)17(12-18)14-27-8-10-28(11-9-27)15-22-25-20-13-16(24(30)33-3)4-6-19(20)23(29)26-22/h4-7,12-13H,8-11,14-15H2,1-3H3,(H,25,26,29). The Morgan fingerprint density at radius 1 is 0.970 bits per heavy atom. The first-order valence-electron chi connectivity index (χ1n) is 10.8. The number of hydrogen-bond acceptors (Lipinski definition) is 8. The van der Waals surface area contributed by atoms with E-state index in [-0.39, 0.29) is 5.56 Å². The Kier molecular flexibility index (Phi) is 6.90. The van der Waals surface area contributed by atoms with E-state index in [1.807, 2.05) is 18.2 Å². The van der Waals surface area contributed by atoms with Gasteiger partial charge in [0.05, 0.1) is 44.3 Å². The minimum atomic E-state index is -0.454. The van der Waals surface area contributed by atoms with E-state index in [4.69, 9.17) is 14.2 Å². The van der Waals surface area contributed by atoms with Crippen molar-refractivity contribution in [3.05, 3.63) is 63.7 Å². The summed E-state index contributed by atoms with van der Waals surface area (Å²) in [7, 11) is 4.66. The Hall–Kier alpha value is -3.43. The van der Waals surface area contributed by atoms with Crippen molar-refractivity contribution >= 4 is 16.9 Å². The van der Waals surface area contributed by atoms with Crippen molar-refractivity contribution in [2.75, 3.05) is 47.5 Å². The summed E-state index contributed by atoms with van der Waals surface area (Å²) in [6.45, 7) is 4.75. The van der Waals surface area contributed by atoms with Gasteiger partial charge in [-0.15, -0.1) is 0 Å². The molecule has 2 heterocycles. The van der Waals surface area contributed by atoms with Crippen LogP contribution in [0.5, 0.6) is 11.5 Å². The molecule has 33 heavy (non-hydrogen) atoms. The van der Waals surface area contributed by atoms with Gasteiger partial charge in [0, 0.05) is 38.3 Å². The Bertz CT molecular complexity index is 1200. The van der Waals surface area contributed by atoms with E-state index in [0.717, 1.165) is 49.8 Å². The molecule has 3 aromatic rings. The molecule has 1 fully saturated rings. The summed E-state index contributed by atoms with van der Waals surface area (Å²) in [5.74, 6) is 1.79. The van der Waals surface area contributed by atoms with Crippen molar-refractivity contribution in [3.8, 4) is 11.5 Å². The summed E-state index contributed by atoms with van der Waals surface area (Å²) in [5.41, 5.74) is 1.73. The van der Waals surface area contributed by atoms with Crippen molar-refractivity contribution in [1.82, 2.24) is 19.8 Å². The van der Waals surface area contributed by atoms with Crippen LogP contribution < -0.4 is 15.0 Å². The van der Waals surface area contributed by atoms with E-state index in [2.05, 4.69) is 19.8 Å². The number of hydrogen-bond donors (Lipinski definition) is 1. The first kappa shape index (κ1) is 22.8. The highest BCUT2D eigenvalue weighted by Crippen LogP contribution is 2.25. The number of esters is 1. The van der Waals surface area contributed by atoms with Crippen LogP contribution in [0.1, 0.15) is 21.7 Å². The predicted octanol–water partition coefficient (Wildman–Crippen LogP) is 2.04. The smallest absolute Gasteiger partial charge is 0.337 e. The molecule has 0 saturated carbocycles. The third kappa shape index (κ3) is 5.15. The van der Waals surface area contributed by atoms with Crippen LogP contribution in [0.15, 0.2) is 41.2 Å². The van der Waals surface area contributed by atoms with Crippen LogP contribution in [0.25, 0.3) is 10.9 Å². The van der Waals surface area contributed by atoms with Crippen LogP contribution in [-0.2, 0) is 17.8 Å². The van der Waals surface area contributed by atoms with Crippen LogP contribution >= 0.6 is 0 Å². The van der Waals surface area contributed by atoms with Gasteiger partial charge in [0.2, 0.25) is 0 Å². The molecule has 0 radical (unpaired) electrons. The summed E-state index contributed by atoms with van der Waals surface area (Å²) in [4.78, 5) is 36.4. The summed E-state index contributed by atoms with van der Waals surface area (Å²) in [6, 6.07) is 10.6. The molecular formula is C24H28N4O5. The fourth-order valence-electron chi connectivity index (χ4n) is 4.07. The second-order valence-corrected chi connectivity index (χ2v) is 7.97. The molecule has 1 saturated heterocycles. The molecule has 1 aromatic heterocycles. The first-order chi connectivity index (χ1) is 16.0. The molecule has 0 bridgehead atoms. The third-order valence-electron chi connectivity index (χ3n) is 5.90. The minimum Gasteiger partial charge on any atom is -0.497 e. The second kappa shape index (κ2) is 10.0. The number of benzene rings is 2. The molecule has 9 heteroatoms. The molecule has 0 unspecified atom stereocenters. The van der Waals surface area contributed by atoms with Gasteiger partial charge in [-0.05, 0) is 36.4 Å². The molecule has 9 nitrogen and oxygen atoms in total. The van der Waals surface area contributed by atoms with Crippen molar-refractivity contribution in [2.45, 2.75) is 13.1 Å². The lowest BCUT2D eigenvalue weighted by molar-refractivity contribution is 0.0601. The van der Waals surface area contributed by atoms with Gasteiger partial charge in [-0.2, -0.15) is 0 Å². The molecule has 1 aliphatic heterocycles. The molecule has 0 atom stereocenters. The van der Waals surface area contributed by atoms with Gasteiger partial charge in [0.15, 0.2) is 0 Å². The van der Waals surface area contributed by atoms with Gasteiger partial charge in [-0.3, -0.25) is 14.6 Å². The Balaban J connectivity index is 1.42. The predicted molar refractivity (Wildman–Crippen MR) is 124 cm³/mol. The molecule has 174 valence electrons. The van der Waals surface area contributed by atoms with Crippen LogP contribution in [0.3, 0.4) is 0 Å². The summed E-state index contributed by atoms with van der Waals surface area (Å²) < 4.78 is 15.6. The van der Waals surface area contributed by atoms with E-state index < -0.39 is 5.97 Å². The van der Waals surface area contributed by atoms with Crippen molar-refractivity contribution < 1.29 is 19.0 Å². The van der Waals surface area contributed by atoms with E-state index in [1.165, 1.54) is 7.11 Å². The highest BCUT2D eigenvalue weighted by molar-refractivity contribution is 5.93. The van der Waals surface area contributed by atoms with Gasteiger partial charge in [-0.1, -0.05) is 0 Å². The molecule has 1 aliphatic rings. The number of fused-ring (bicyclic) bond motifs is 1. The van der Waals surface area contributed by atoms with Crippen LogP contribution in [0.2, 0.25) is 0 Å². The summed E-state index contributed by atoms with van der Waals surface area (Å²) >= 11 is 0. The summed E-state index contributed by atoms with van der Waals surface area (Å²) in [5, 5.41) is 0.448. The number of H-pyrrole nitrogens is 1. The van der Waals surface area contributed by atoms with Gasteiger partial charge in [0.1, 0.15) is 17.3 Å². The number of rotatable bonds is 7. The van der Waals surface area contributed by atoms with Gasteiger partial charge in [-0.25, -0.2) is 9.78 Å². The minimum absolute atomic E-state index is 0.213. The SMILES string of the molecule is COC(=O)c1ccc2c(=O)[nH]c(CN3CCN(Cc4cc(OC)ccc4OC)CC3)nc2c1. The fraction of sp³-hybridized carbons (Fsp3) is 0.375. The number of carbonyl (C=O) groups is 1. The quantitative estimate of drug-likeness (QED) is 0.544. The lowest BCUT2D eigenvalue weighted by atomic mass is 10.1. The Labute approximate surface area is 191 Å². The zero-order valence-electron chi connectivity index (χ0n) is 19.1. The topological polar surface area (TPSA) is 97.0 Å². The Morgan fingerprint density at radius 3 is 2.36 bits per heavy atom. The molecule has 0 aliphatic carbocycles. The zero-order chi connectivity index (χ0) is 23.4. The monoisotopic (exact) mass is 452 g/mol. The number of ether oxygens (including phenoxy) is 3. The molecular weight excluding hydrogens is 424 g/mol. The molecule has 0 spiro atoms. The molecule has 0 amide bonds. The van der Waals surface area contributed by atoms with Crippen molar-refractivity contribution in [2.24, 2.45) is 0 Å².